The Bertz CT molecular complexity index is 838. The van der Waals surface area contributed by atoms with Crippen LogP contribution in [0.4, 0.5) is 0 Å². The third kappa shape index (κ3) is 3.79. The number of nitrogens with zero attached hydrogens (tertiary/aromatic N) is 1. The summed E-state index contributed by atoms with van der Waals surface area (Å²) >= 11 is 1.25. The van der Waals surface area contributed by atoms with Gasteiger partial charge in [0.1, 0.15) is 11.2 Å². The Hall–Kier alpha value is -2.70. The molecule has 0 spiro atoms. The Labute approximate surface area is 146 Å². The van der Waals surface area contributed by atoms with E-state index in [1.165, 1.54) is 28.5 Å². The molecular weight excluding hydrogens is 314 g/mol. The molecule has 0 heterocycles. The van der Waals surface area contributed by atoms with Gasteiger partial charge in [-0.25, -0.2) is 0 Å². The van der Waals surface area contributed by atoms with Crippen LogP contribution >= 0.6 is 11.8 Å². The van der Waals surface area contributed by atoms with Crippen molar-refractivity contribution in [3.05, 3.63) is 90.0 Å². The van der Waals surface area contributed by atoms with Gasteiger partial charge in [-0.2, -0.15) is 5.26 Å². The molecule has 0 unspecified atom stereocenters. The monoisotopic (exact) mass is 331 g/mol. The van der Waals surface area contributed by atoms with Crippen LogP contribution < -0.4 is 0 Å². The van der Waals surface area contributed by atoms with Crippen molar-refractivity contribution in [2.45, 2.75) is 5.92 Å². The maximum Gasteiger partial charge on any atom is 0.133 e. The Morgan fingerprint density at radius 2 is 1.54 bits per heavy atom. The highest BCUT2D eigenvalue weighted by atomic mass is 32.2. The Morgan fingerprint density at radius 1 is 0.833 bits per heavy atom. The summed E-state index contributed by atoms with van der Waals surface area (Å²) in [4.78, 5) is 0. The van der Waals surface area contributed by atoms with E-state index < -0.39 is 0 Å². The average molecular weight is 331 g/mol. The summed E-state index contributed by atoms with van der Waals surface area (Å²) in [5.74, 6) is 1.04. The first-order chi connectivity index (χ1) is 11.8. The summed E-state index contributed by atoms with van der Waals surface area (Å²) in [7, 11) is 0. The zero-order valence-electron chi connectivity index (χ0n) is 13.1. The van der Waals surface area contributed by atoms with E-state index in [0.29, 0.717) is 5.75 Å². The summed E-state index contributed by atoms with van der Waals surface area (Å²) in [6.07, 6.45) is 0. The molecule has 0 aliphatic rings. The molecular formula is C21H17NOS. The van der Waals surface area contributed by atoms with Crippen LogP contribution in [0.1, 0.15) is 17.0 Å². The summed E-state index contributed by atoms with van der Waals surface area (Å²) < 4.78 is 0. The molecule has 3 aromatic carbocycles. The summed E-state index contributed by atoms with van der Waals surface area (Å²) in [5.41, 5.74) is 4.61. The Balaban J connectivity index is 1.99. The van der Waals surface area contributed by atoms with Crippen molar-refractivity contribution in [3.63, 3.8) is 0 Å². The number of nitriles is 1. The van der Waals surface area contributed by atoms with Crippen LogP contribution in [0.3, 0.4) is 0 Å². The number of benzene rings is 3. The lowest BCUT2D eigenvalue weighted by Crippen LogP contribution is -2.04. The zero-order valence-corrected chi connectivity index (χ0v) is 13.9. The van der Waals surface area contributed by atoms with Crippen LogP contribution in [0.15, 0.2) is 78.9 Å². The molecule has 3 aromatic rings. The molecule has 0 saturated carbocycles. The third-order valence-electron chi connectivity index (χ3n) is 4.01. The summed E-state index contributed by atoms with van der Waals surface area (Å²) in [6, 6.07) is 25.9. The van der Waals surface area contributed by atoms with Gasteiger partial charge in [-0.1, -0.05) is 66.7 Å². The summed E-state index contributed by atoms with van der Waals surface area (Å²) in [5, 5.41) is 20.6. The van der Waals surface area contributed by atoms with Crippen LogP contribution in [0, 0.1) is 10.7 Å². The molecule has 118 valence electrons. The molecule has 2 nitrogen and oxygen atoms in total. The van der Waals surface area contributed by atoms with E-state index in [-0.39, 0.29) is 11.7 Å². The van der Waals surface area contributed by atoms with Crippen molar-refractivity contribution in [1.82, 2.24) is 0 Å². The fourth-order valence-electron chi connectivity index (χ4n) is 2.78. The van der Waals surface area contributed by atoms with E-state index in [4.69, 9.17) is 5.26 Å². The van der Waals surface area contributed by atoms with E-state index in [2.05, 4.69) is 41.8 Å². The fourth-order valence-corrected chi connectivity index (χ4v) is 3.40. The van der Waals surface area contributed by atoms with Gasteiger partial charge in [-0.05, 0) is 46.1 Å². The average Bonchev–Trinajstić information content (AvgIpc) is 2.64. The van der Waals surface area contributed by atoms with Crippen LogP contribution in [-0.4, -0.2) is 10.9 Å². The highest BCUT2D eigenvalue weighted by Gasteiger charge is 2.15. The molecule has 24 heavy (non-hydrogen) atoms. The molecule has 0 radical (unpaired) electrons. The standard InChI is InChI=1S/C21H17NOS/c22-15-24-14-21(17-9-11-20(23)12-10-17)19-8-4-7-18(13-19)16-5-2-1-3-6-16/h1-13,21,23H,14H2/t21-/m1/s1. The normalized spacial score (nSPS) is 11.6. The minimum atomic E-state index is 0.110. The first-order valence-electron chi connectivity index (χ1n) is 7.73. The molecule has 0 aliphatic carbocycles. The number of hydrogen-bond acceptors (Lipinski definition) is 3. The van der Waals surface area contributed by atoms with Gasteiger partial charge in [0.15, 0.2) is 0 Å². The lowest BCUT2D eigenvalue weighted by atomic mass is 9.90. The smallest absolute Gasteiger partial charge is 0.133 e. The van der Waals surface area contributed by atoms with Gasteiger partial charge in [0.2, 0.25) is 0 Å². The van der Waals surface area contributed by atoms with Crippen molar-refractivity contribution in [2.75, 3.05) is 5.75 Å². The van der Waals surface area contributed by atoms with Gasteiger partial charge in [0.25, 0.3) is 0 Å². The molecule has 1 N–H and O–H groups in total. The molecule has 3 rings (SSSR count). The first kappa shape index (κ1) is 16.2. The van der Waals surface area contributed by atoms with Crippen LogP contribution in [-0.2, 0) is 0 Å². The number of rotatable bonds is 5. The molecule has 0 aliphatic heterocycles. The van der Waals surface area contributed by atoms with Gasteiger partial charge < -0.3 is 5.11 Å². The quantitative estimate of drug-likeness (QED) is 0.636. The number of thiocyanates is 1. The molecule has 0 amide bonds. The minimum Gasteiger partial charge on any atom is -0.508 e. The van der Waals surface area contributed by atoms with Crippen LogP contribution in [0.5, 0.6) is 5.75 Å². The SMILES string of the molecule is N#CSC[C@H](c1ccc(O)cc1)c1cccc(-c2ccccc2)c1. The van der Waals surface area contributed by atoms with Crippen LogP contribution in [0.2, 0.25) is 0 Å². The predicted octanol–water partition coefficient (Wildman–Crippen LogP) is 5.41. The highest BCUT2D eigenvalue weighted by Crippen LogP contribution is 2.31. The van der Waals surface area contributed by atoms with E-state index in [9.17, 15) is 5.11 Å². The lowest BCUT2D eigenvalue weighted by molar-refractivity contribution is 0.475. The molecule has 0 bridgehead atoms. The minimum absolute atomic E-state index is 0.110. The predicted molar refractivity (Wildman–Crippen MR) is 99.9 cm³/mol. The zero-order chi connectivity index (χ0) is 16.8. The number of thioether (sulfide) groups is 1. The topological polar surface area (TPSA) is 44.0 Å². The largest absolute Gasteiger partial charge is 0.508 e. The molecule has 1 atom stereocenters. The lowest BCUT2D eigenvalue weighted by Gasteiger charge is -2.17. The molecule has 0 fully saturated rings. The second kappa shape index (κ2) is 7.72. The molecule has 3 heteroatoms. The maximum atomic E-state index is 9.52. The Kier molecular flexibility index (Phi) is 5.20. The third-order valence-corrected chi connectivity index (χ3v) is 4.64. The Morgan fingerprint density at radius 3 is 2.25 bits per heavy atom. The number of phenols is 1. The van der Waals surface area contributed by atoms with Crippen LogP contribution in [0.25, 0.3) is 11.1 Å². The van der Waals surface area contributed by atoms with Gasteiger partial charge >= 0.3 is 0 Å². The van der Waals surface area contributed by atoms with Gasteiger partial charge in [0.05, 0.1) is 0 Å². The molecule has 0 saturated heterocycles. The number of phenolic OH excluding ortho intramolecular Hbond substituents is 1. The van der Waals surface area contributed by atoms with E-state index >= 15 is 0 Å². The van der Waals surface area contributed by atoms with Crippen molar-refractivity contribution < 1.29 is 5.11 Å². The number of hydrogen-bond donors (Lipinski definition) is 1. The van der Waals surface area contributed by atoms with E-state index in [1.807, 2.05) is 30.3 Å². The second-order valence-corrected chi connectivity index (χ2v) is 6.34. The fraction of sp³-hybridized carbons (Fsp3) is 0.0952. The van der Waals surface area contributed by atoms with Gasteiger partial charge in [-0.15, -0.1) is 0 Å². The number of aromatic hydroxyl groups is 1. The van der Waals surface area contributed by atoms with Crippen molar-refractivity contribution in [2.24, 2.45) is 0 Å². The van der Waals surface area contributed by atoms with E-state index in [0.717, 1.165) is 5.56 Å². The van der Waals surface area contributed by atoms with Crippen molar-refractivity contribution >= 4 is 11.8 Å². The van der Waals surface area contributed by atoms with Crippen molar-refractivity contribution in [3.8, 4) is 22.3 Å². The summed E-state index contributed by atoms with van der Waals surface area (Å²) in [6.45, 7) is 0. The van der Waals surface area contributed by atoms with Gasteiger partial charge in [0, 0.05) is 11.7 Å². The maximum absolute atomic E-state index is 9.52. The highest BCUT2D eigenvalue weighted by molar-refractivity contribution is 8.03. The van der Waals surface area contributed by atoms with E-state index in [1.54, 1.807) is 12.1 Å². The first-order valence-corrected chi connectivity index (χ1v) is 8.71. The van der Waals surface area contributed by atoms with Crippen molar-refractivity contribution in [1.29, 1.82) is 5.26 Å². The molecule has 0 aromatic heterocycles. The second-order valence-electron chi connectivity index (χ2n) is 5.54. The van der Waals surface area contributed by atoms with Gasteiger partial charge in [-0.3, -0.25) is 0 Å².